The lowest BCUT2D eigenvalue weighted by Crippen LogP contribution is -2.62. The van der Waals surface area contributed by atoms with Crippen LogP contribution in [0.25, 0.3) is 0 Å². The van der Waals surface area contributed by atoms with Crippen molar-refractivity contribution in [2.24, 2.45) is 5.92 Å². The summed E-state index contributed by atoms with van der Waals surface area (Å²) in [7, 11) is 0. The second kappa shape index (κ2) is 7.61. The zero-order valence-corrected chi connectivity index (χ0v) is 16.7. The maximum atomic E-state index is 12.9. The molecule has 7 nitrogen and oxygen atoms in total. The van der Waals surface area contributed by atoms with Crippen LogP contribution in [0.4, 0.5) is 10.5 Å². The summed E-state index contributed by atoms with van der Waals surface area (Å²) in [6, 6.07) is 9.92. The van der Waals surface area contributed by atoms with Gasteiger partial charge in [-0.1, -0.05) is 18.2 Å². The van der Waals surface area contributed by atoms with E-state index < -0.39 is 0 Å². The number of benzene rings is 1. The summed E-state index contributed by atoms with van der Waals surface area (Å²) in [5, 5.41) is 3.04. The highest BCUT2D eigenvalue weighted by Gasteiger charge is 2.53. The molecular formula is C22H29N3O4. The van der Waals surface area contributed by atoms with Gasteiger partial charge in [0.1, 0.15) is 0 Å². The normalized spacial score (nSPS) is 33.9. The molecule has 0 aliphatic carbocycles. The van der Waals surface area contributed by atoms with Crippen molar-refractivity contribution < 1.29 is 19.1 Å². The van der Waals surface area contributed by atoms with Gasteiger partial charge >= 0.3 is 6.03 Å². The number of morpholine rings is 1. The fourth-order valence-corrected chi connectivity index (χ4v) is 5.61. The van der Waals surface area contributed by atoms with E-state index in [1.807, 2.05) is 40.1 Å². The number of ether oxygens (including phenoxy) is 2. The molecule has 4 aliphatic rings. The van der Waals surface area contributed by atoms with E-state index in [4.69, 9.17) is 9.47 Å². The van der Waals surface area contributed by atoms with Gasteiger partial charge in [-0.2, -0.15) is 0 Å². The molecule has 5 rings (SSSR count). The van der Waals surface area contributed by atoms with Gasteiger partial charge in [0.05, 0.1) is 24.7 Å². The Labute approximate surface area is 171 Å². The van der Waals surface area contributed by atoms with Gasteiger partial charge in [-0.05, 0) is 44.2 Å². The van der Waals surface area contributed by atoms with Crippen LogP contribution >= 0.6 is 0 Å². The molecule has 0 saturated carbocycles. The molecular weight excluding hydrogens is 370 g/mol. The highest BCUT2D eigenvalue weighted by atomic mass is 16.5. The van der Waals surface area contributed by atoms with Crippen LogP contribution in [0.3, 0.4) is 0 Å². The Bertz CT molecular complexity index is 751. The first kappa shape index (κ1) is 18.9. The summed E-state index contributed by atoms with van der Waals surface area (Å²) in [5.74, 6) is 0.209. The number of nitrogens with zero attached hydrogens (tertiary/aromatic N) is 2. The SMILES string of the molecule is O=C(C1CCOC1)N1CCOC2(C[C@H]3CC[C@@H](C2)N3C(=O)Nc2ccccc2)C1. The number of hydrogen-bond acceptors (Lipinski definition) is 4. The molecule has 4 atom stereocenters. The lowest BCUT2D eigenvalue weighted by molar-refractivity contribution is -0.166. The van der Waals surface area contributed by atoms with Crippen molar-refractivity contribution >= 4 is 17.6 Å². The summed E-state index contributed by atoms with van der Waals surface area (Å²) in [6.45, 7) is 3.10. The molecule has 156 valence electrons. The van der Waals surface area contributed by atoms with Crippen LogP contribution < -0.4 is 5.32 Å². The molecule has 29 heavy (non-hydrogen) atoms. The third-order valence-electron chi connectivity index (χ3n) is 6.93. The molecule has 0 aromatic heterocycles. The second-order valence-corrected chi connectivity index (χ2v) is 8.85. The number of rotatable bonds is 2. The van der Waals surface area contributed by atoms with Crippen molar-refractivity contribution in [1.82, 2.24) is 9.80 Å². The van der Waals surface area contributed by atoms with E-state index in [2.05, 4.69) is 5.32 Å². The van der Waals surface area contributed by atoms with Crippen molar-refractivity contribution in [2.75, 3.05) is 38.2 Å². The Balaban J connectivity index is 1.26. The number of carbonyl (C=O) groups is 2. The van der Waals surface area contributed by atoms with Crippen LogP contribution in [-0.2, 0) is 14.3 Å². The van der Waals surface area contributed by atoms with Gasteiger partial charge < -0.3 is 24.6 Å². The second-order valence-electron chi connectivity index (χ2n) is 8.85. The molecule has 4 saturated heterocycles. The number of anilines is 1. The van der Waals surface area contributed by atoms with E-state index >= 15 is 0 Å². The van der Waals surface area contributed by atoms with Crippen LogP contribution in [0.15, 0.2) is 30.3 Å². The van der Waals surface area contributed by atoms with E-state index in [-0.39, 0.29) is 35.5 Å². The topological polar surface area (TPSA) is 71.1 Å². The number of para-hydroxylation sites is 1. The molecule has 7 heteroatoms. The Morgan fingerprint density at radius 2 is 1.79 bits per heavy atom. The van der Waals surface area contributed by atoms with Crippen LogP contribution in [-0.4, -0.2) is 72.3 Å². The maximum absolute atomic E-state index is 12.9. The summed E-state index contributed by atoms with van der Waals surface area (Å²) in [5.41, 5.74) is 0.504. The molecule has 1 spiro atoms. The number of hydrogen-bond donors (Lipinski definition) is 1. The molecule has 2 unspecified atom stereocenters. The van der Waals surface area contributed by atoms with Crippen LogP contribution in [0.2, 0.25) is 0 Å². The van der Waals surface area contributed by atoms with Gasteiger partial charge in [-0.3, -0.25) is 4.79 Å². The standard InChI is InChI=1S/C22H29N3O4/c26-20(16-8-10-28-14-16)24-9-11-29-22(15-24)12-18-6-7-19(13-22)25(18)21(27)23-17-4-2-1-3-5-17/h1-5,16,18-19H,6-15H2,(H,23,27)/t16?,18-,19+,22?. The lowest BCUT2D eigenvalue weighted by Gasteiger charge is -2.50. The predicted molar refractivity (Wildman–Crippen MR) is 108 cm³/mol. The van der Waals surface area contributed by atoms with Crippen molar-refractivity contribution in [3.05, 3.63) is 30.3 Å². The number of fused-ring (bicyclic) bond motifs is 2. The Kier molecular flexibility index (Phi) is 4.95. The Morgan fingerprint density at radius 1 is 1.03 bits per heavy atom. The average Bonchev–Trinajstić information content (AvgIpc) is 3.36. The van der Waals surface area contributed by atoms with Crippen molar-refractivity contribution in [3.63, 3.8) is 0 Å². The van der Waals surface area contributed by atoms with E-state index in [1.54, 1.807) is 0 Å². The molecule has 4 heterocycles. The molecule has 4 fully saturated rings. The predicted octanol–water partition coefficient (Wildman–Crippen LogP) is 2.48. The zero-order chi connectivity index (χ0) is 19.8. The van der Waals surface area contributed by atoms with Gasteiger partial charge in [-0.15, -0.1) is 0 Å². The van der Waals surface area contributed by atoms with E-state index in [0.717, 1.165) is 37.8 Å². The van der Waals surface area contributed by atoms with Crippen molar-refractivity contribution in [1.29, 1.82) is 0 Å². The largest absolute Gasteiger partial charge is 0.381 e. The fraction of sp³-hybridized carbons (Fsp3) is 0.636. The maximum Gasteiger partial charge on any atom is 0.322 e. The van der Waals surface area contributed by atoms with Gasteiger partial charge in [0.15, 0.2) is 0 Å². The highest BCUT2D eigenvalue weighted by Crippen LogP contribution is 2.44. The molecule has 1 N–H and O–H groups in total. The summed E-state index contributed by atoms with van der Waals surface area (Å²) < 4.78 is 11.7. The van der Waals surface area contributed by atoms with Crippen LogP contribution in [0.1, 0.15) is 32.1 Å². The lowest BCUT2D eigenvalue weighted by atomic mass is 9.84. The van der Waals surface area contributed by atoms with Crippen molar-refractivity contribution in [3.8, 4) is 0 Å². The van der Waals surface area contributed by atoms with Gasteiger partial charge in [0, 0.05) is 37.5 Å². The van der Waals surface area contributed by atoms with Crippen LogP contribution in [0.5, 0.6) is 0 Å². The Morgan fingerprint density at radius 3 is 2.48 bits per heavy atom. The molecule has 1 aromatic carbocycles. The minimum atomic E-state index is -0.317. The first-order valence-electron chi connectivity index (χ1n) is 10.8. The monoisotopic (exact) mass is 399 g/mol. The number of amides is 3. The van der Waals surface area contributed by atoms with Gasteiger partial charge in [0.2, 0.25) is 5.91 Å². The first-order chi connectivity index (χ1) is 14.1. The van der Waals surface area contributed by atoms with E-state index in [0.29, 0.717) is 32.9 Å². The minimum Gasteiger partial charge on any atom is -0.381 e. The molecule has 0 radical (unpaired) electrons. The fourth-order valence-electron chi connectivity index (χ4n) is 5.61. The summed E-state index contributed by atoms with van der Waals surface area (Å²) in [4.78, 5) is 29.8. The third kappa shape index (κ3) is 3.62. The first-order valence-corrected chi connectivity index (χ1v) is 10.8. The van der Waals surface area contributed by atoms with Crippen LogP contribution in [0, 0.1) is 5.92 Å². The van der Waals surface area contributed by atoms with Crippen molar-refractivity contribution in [2.45, 2.75) is 49.8 Å². The average molecular weight is 399 g/mol. The number of urea groups is 1. The summed E-state index contributed by atoms with van der Waals surface area (Å²) >= 11 is 0. The molecule has 2 bridgehead atoms. The summed E-state index contributed by atoms with van der Waals surface area (Å²) in [6.07, 6.45) is 4.43. The Hall–Kier alpha value is -2.12. The molecule has 4 aliphatic heterocycles. The number of piperidine rings is 1. The molecule has 1 aromatic rings. The minimum absolute atomic E-state index is 0.00129. The number of nitrogens with one attached hydrogen (secondary N) is 1. The third-order valence-corrected chi connectivity index (χ3v) is 6.93. The molecule has 3 amide bonds. The smallest absolute Gasteiger partial charge is 0.322 e. The highest BCUT2D eigenvalue weighted by molar-refractivity contribution is 5.90. The van der Waals surface area contributed by atoms with E-state index in [9.17, 15) is 9.59 Å². The quantitative estimate of drug-likeness (QED) is 0.829. The zero-order valence-electron chi connectivity index (χ0n) is 16.7. The number of carbonyl (C=O) groups excluding carboxylic acids is 2. The van der Waals surface area contributed by atoms with Gasteiger partial charge in [-0.25, -0.2) is 4.79 Å². The van der Waals surface area contributed by atoms with E-state index in [1.165, 1.54) is 0 Å². The van der Waals surface area contributed by atoms with Gasteiger partial charge in [0.25, 0.3) is 0 Å².